The molecule has 0 radical (unpaired) electrons. The van der Waals surface area contributed by atoms with Crippen LogP contribution in [0.3, 0.4) is 0 Å². The van der Waals surface area contributed by atoms with Gasteiger partial charge in [-0.05, 0) is 61.2 Å². The third-order valence-corrected chi connectivity index (χ3v) is 12.5. The number of benzene rings is 2. The Balaban J connectivity index is 0.000000177. The Kier molecular flexibility index (Phi) is 13.7. The number of rotatable bonds is 8. The first kappa shape index (κ1) is 48.0. The van der Waals surface area contributed by atoms with Gasteiger partial charge in [-0.1, -0.05) is 56.0 Å². The third kappa shape index (κ3) is 7.81. The molecular formula is C49H46N16O3S2. The molecule has 0 aliphatic carbocycles. The zero-order chi connectivity index (χ0) is 47.1. The van der Waals surface area contributed by atoms with Gasteiger partial charge in [-0.3, -0.25) is 18.7 Å². The zero-order valence-electron chi connectivity index (χ0n) is 37.9. The molecule has 10 heterocycles. The standard InChI is InChI=1S/C24H20N8O.C24H18N8O.CH4O.2H2S/c2*1-2-15-8-11-31-20(15)24(33)32(17-6-4-3-5-7-17)22(29-31)18-9-10-30(18)23-19-16(12-25)13-26-21(19)27-14-28-23;1-2;;/h3-8,11,13-14,18H,2,9-10H2,1H3,(H,26,27,28);2-8,11,13-14,18H,1,9-10H2,(H,26,27,28);2H,1H3;2*1H2/t2*18-;;;/m00.../s1. The largest absolute Gasteiger partial charge is 0.400 e. The molecule has 2 aliphatic rings. The molecule has 70 heavy (non-hydrogen) atoms. The molecule has 8 aromatic heterocycles. The summed E-state index contributed by atoms with van der Waals surface area (Å²) in [5, 5.41) is 37.3. The smallest absolute Gasteiger partial charge is 0.283 e. The first-order chi connectivity index (χ1) is 33.4. The van der Waals surface area contributed by atoms with Crippen LogP contribution in [0.2, 0.25) is 0 Å². The van der Waals surface area contributed by atoms with Gasteiger partial charge in [-0.25, -0.2) is 29.0 Å². The molecule has 21 heteroatoms. The summed E-state index contributed by atoms with van der Waals surface area (Å²) in [6.45, 7) is 7.33. The maximum Gasteiger partial charge on any atom is 0.283 e. The highest BCUT2D eigenvalue weighted by atomic mass is 32.1. The summed E-state index contributed by atoms with van der Waals surface area (Å²) in [6, 6.07) is 26.9. The lowest BCUT2D eigenvalue weighted by Gasteiger charge is -2.42. The molecule has 2 atom stereocenters. The highest BCUT2D eigenvalue weighted by molar-refractivity contribution is 7.59. The van der Waals surface area contributed by atoms with Crippen LogP contribution in [-0.4, -0.2) is 83.6 Å². The van der Waals surface area contributed by atoms with Crippen LogP contribution in [0.4, 0.5) is 11.6 Å². The zero-order valence-corrected chi connectivity index (χ0v) is 39.9. The van der Waals surface area contributed by atoms with E-state index in [0.29, 0.717) is 67.5 Å². The predicted molar refractivity (Wildman–Crippen MR) is 277 cm³/mol. The number of para-hydroxylation sites is 2. The number of H-pyrrole nitrogens is 2. The second-order valence-corrected chi connectivity index (χ2v) is 15.9. The van der Waals surface area contributed by atoms with E-state index in [2.05, 4.69) is 58.4 Å². The van der Waals surface area contributed by atoms with Crippen molar-refractivity contribution in [2.75, 3.05) is 30.0 Å². The van der Waals surface area contributed by atoms with Crippen LogP contribution >= 0.6 is 27.0 Å². The molecule has 2 saturated heterocycles. The van der Waals surface area contributed by atoms with E-state index < -0.39 is 0 Å². The Hall–Kier alpha value is -8.50. The third-order valence-electron chi connectivity index (χ3n) is 12.5. The summed E-state index contributed by atoms with van der Waals surface area (Å²) < 4.78 is 6.70. The topological polar surface area (TPSA) is 236 Å². The van der Waals surface area contributed by atoms with Crippen molar-refractivity contribution in [2.24, 2.45) is 0 Å². The lowest BCUT2D eigenvalue weighted by atomic mass is 10.0. The van der Waals surface area contributed by atoms with Crippen LogP contribution in [0, 0.1) is 22.7 Å². The molecule has 19 nitrogen and oxygen atoms in total. The van der Waals surface area contributed by atoms with E-state index in [1.165, 1.54) is 12.7 Å². The van der Waals surface area contributed by atoms with Crippen molar-refractivity contribution in [1.82, 2.24) is 58.3 Å². The molecule has 0 saturated carbocycles. The van der Waals surface area contributed by atoms with Gasteiger partial charge in [0.1, 0.15) is 58.8 Å². The monoisotopic (exact) mass is 970 g/mol. The Morgan fingerprint density at radius 3 is 1.57 bits per heavy atom. The molecule has 2 aromatic carbocycles. The van der Waals surface area contributed by atoms with Gasteiger partial charge in [0.15, 0.2) is 11.6 Å². The number of hydrogen-bond donors (Lipinski definition) is 3. The summed E-state index contributed by atoms with van der Waals surface area (Å²) in [7, 11) is 1.00. The van der Waals surface area contributed by atoms with Crippen molar-refractivity contribution >= 4 is 77.8 Å². The molecule has 2 aliphatic heterocycles. The van der Waals surface area contributed by atoms with E-state index in [1.807, 2.05) is 85.9 Å². The van der Waals surface area contributed by atoms with Crippen molar-refractivity contribution in [2.45, 2.75) is 38.3 Å². The van der Waals surface area contributed by atoms with Gasteiger partial charge in [-0.2, -0.15) is 47.7 Å². The number of fused-ring (bicyclic) bond motifs is 4. The van der Waals surface area contributed by atoms with Crippen LogP contribution in [0.5, 0.6) is 0 Å². The summed E-state index contributed by atoms with van der Waals surface area (Å²) >= 11 is 0. The number of nitrogens with zero attached hydrogens (tertiary/aromatic N) is 14. The Labute approximate surface area is 413 Å². The number of hydrogen-bond acceptors (Lipinski definition) is 13. The number of aryl methyl sites for hydroxylation is 1. The second kappa shape index (κ2) is 20.0. The fourth-order valence-corrected chi connectivity index (χ4v) is 9.11. The predicted octanol–water partition coefficient (Wildman–Crippen LogP) is 6.20. The second-order valence-electron chi connectivity index (χ2n) is 15.9. The van der Waals surface area contributed by atoms with Crippen molar-refractivity contribution < 1.29 is 5.11 Å². The summed E-state index contributed by atoms with van der Waals surface area (Å²) in [5.41, 5.74) is 6.23. The number of nitriles is 2. The maximum atomic E-state index is 13.8. The minimum Gasteiger partial charge on any atom is -0.400 e. The first-order valence-corrected chi connectivity index (χ1v) is 21.8. The maximum absolute atomic E-state index is 13.8. The van der Waals surface area contributed by atoms with Gasteiger partial charge >= 0.3 is 0 Å². The van der Waals surface area contributed by atoms with E-state index in [9.17, 15) is 20.1 Å². The normalized spacial score (nSPS) is 14.8. The van der Waals surface area contributed by atoms with E-state index in [-0.39, 0.29) is 50.2 Å². The Morgan fingerprint density at radius 1 is 0.686 bits per heavy atom. The van der Waals surface area contributed by atoms with E-state index in [1.54, 1.807) is 42.8 Å². The fourth-order valence-electron chi connectivity index (χ4n) is 9.11. The first-order valence-electron chi connectivity index (χ1n) is 21.8. The number of aliphatic hydroxyl groups is 1. The lowest BCUT2D eigenvalue weighted by Crippen LogP contribution is -2.45. The molecule has 0 spiro atoms. The molecule has 0 bridgehead atoms. The molecule has 3 N–H and O–H groups in total. The SMILES string of the molecule is C=Cc1ccn2nc([C@@H]3CCN3c3ncnc4[nH]cc(C#N)c34)n(-c3ccccc3)c(=O)c12.CCc1ccn2nc([C@@H]3CCN3c3ncnc4[nH]cc(C#N)c34)n(-c3ccccc3)c(=O)c12.CO.S.S. The highest BCUT2D eigenvalue weighted by Crippen LogP contribution is 2.41. The molecule has 2 fully saturated rings. The van der Waals surface area contributed by atoms with Crippen LogP contribution in [0.1, 0.15) is 65.8 Å². The quantitative estimate of drug-likeness (QED) is 0.154. The highest BCUT2D eigenvalue weighted by Gasteiger charge is 2.38. The summed E-state index contributed by atoms with van der Waals surface area (Å²) in [4.78, 5) is 55.2. The van der Waals surface area contributed by atoms with Gasteiger partial charge < -0.3 is 24.9 Å². The Bertz CT molecular complexity index is 3750. The molecule has 12 rings (SSSR count). The molecule has 10 aromatic rings. The van der Waals surface area contributed by atoms with Crippen molar-refractivity contribution in [1.29, 1.82) is 10.5 Å². The average molecular weight is 971 g/mol. The van der Waals surface area contributed by atoms with Gasteiger partial charge in [0.25, 0.3) is 11.1 Å². The molecule has 352 valence electrons. The summed E-state index contributed by atoms with van der Waals surface area (Å²) in [6.07, 6.45) is 13.9. The van der Waals surface area contributed by atoms with Crippen molar-refractivity contribution in [3.8, 4) is 23.5 Å². The van der Waals surface area contributed by atoms with Crippen LogP contribution in [0.15, 0.2) is 126 Å². The van der Waals surface area contributed by atoms with Crippen LogP contribution < -0.4 is 20.9 Å². The minimum atomic E-state index is -0.198. The molecule has 0 amide bonds. The van der Waals surface area contributed by atoms with Crippen molar-refractivity contribution in [3.05, 3.63) is 171 Å². The lowest BCUT2D eigenvalue weighted by molar-refractivity contribution is 0.399. The number of aromatic nitrogens is 12. The van der Waals surface area contributed by atoms with E-state index in [0.717, 1.165) is 62.0 Å². The van der Waals surface area contributed by atoms with Crippen molar-refractivity contribution in [3.63, 3.8) is 0 Å². The molecule has 0 unspecified atom stereocenters. The van der Waals surface area contributed by atoms with Gasteiger partial charge in [-0.15, -0.1) is 0 Å². The van der Waals surface area contributed by atoms with Gasteiger partial charge in [0.2, 0.25) is 0 Å². The van der Waals surface area contributed by atoms with Crippen LogP contribution in [-0.2, 0) is 6.42 Å². The number of anilines is 2. The summed E-state index contributed by atoms with van der Waals surface area (Å²) in [5.74, 6) is 2.58. The Morgan fingerprint density at radius 2 is 1.14 bits per heavy atom. The number of nitrogens with one attached hydrogen (secondary N) is 2. The minimum absolute atomic E-state index is 0. The van der Waals surface area contributed by atoms with E-state index >= 15 is 0 Å². The number of aromatic amines is 2. The van der Waals surface area contributed by atoms with E-state index in [4.69, 9.17) is 15.3 Å². The molecular weight excluding hydrogens is 925 g/mol. The average Bonchev–Trinajstić information content (AvgIpc) is 4.18. The number of aliphatic hydroxyl groups excluding tert-OH is 1. The van der Waals surface area contributed by atoms with Gasteiger partial charge in [0.05, 0.1) is 45.4 Å². The van der Waals surface area contributed by atoms with Gasteiger partial charge in [0, 0.05) is 50.6 Å². The van der Waals surface area contributed by atoms with Crippen LogP contribution in [0.25, 0.3) is 50.6 Å². The fraction of sp³-hybridized carbons (Fsp3) is 0.184.